The van der Waals surface area contributed by atoms with Gasteiger partial charge in [0.05, 0.1) is 12.2 Å². The van der Waals surface area contributed by atoms with E-state index in [0.29, 0.717) is 24.9 Å². The molecule has 0 aromatic heterocycles. The van der Waals surface area contributed by atoms with Crippen molar-refractivity contribution < 1.29 is 23.1 Å². The van der Waals surface area contributed by atoms with Crippen LogP contribution < -0.4 is 10.2 Å². The van der Waals surface area contributed by atoms with Gasteiger partial charge in [-0.05, 0) is 36.4 Å². The summed E-state index contributed by atoms with van der Waals surface area (Å²) in [5.41, 5.74) is 0.783. The summed E-state index contributed by atoms with van der Waals surface area (Å²) in [4.78, 5) is 25.0. The van der Waals surface area contributed by atoms with Crippen LogP contribution in [0.15, 0.2) is 42.5 Å². The number of hydrogen-bond acceptors (Lipinski definition) is 3. The molecule has 118 valence electrons. The Kier molecular flexibility index (Phi) is 3.92. The van der Waals surface area contributed by atoms with E-state index in [1.807, 2.05) is 0 Å². The summed E-state index contributed by atoms with van der Waals surface area (Å²) in [6, 6.07) is 9.12. The number of cyclic esters (lactones) is 1. The lowest BCUT2D eigenvalue weighted by Gasteiger charge is -2.13. The molecule has 1 aliphatic rings. The van der Waals surface area contributed by atoms with Crippen LogP contribution in [0.5, 0.6) is 0 Å². The van der Waals surface area contributed by atoms with Crippen LogP contribution in [-0.4, -0.2) is 25.2 Å². The summed E-state index contributed by atoms with van der Waals surface area (Å²) < 4.78 is 31.2. The van der Waals surface area contributed by atoms with Gasteiger partial charge in [0.1, 0.15) is 18.2 Å². The van der Waals surface area contributed by atoms with Crippen LogP contribution >= 0.6 is 0 Å². The Morgan fingerprint density at radius 2 is 1.87 bits per heavy atom. The molecule has 5 nitrogen and oxygen atoms in total. The average Bonchev–Trinajstić information content (AvgIpc) is 2.96. The molecule has 0 atom stereocenters. The molecule has 1 N–H and O–H groups in total. The first-order valence-electron chi connectivity index (χ1n) is 6.85. The van der Waals surface area contributed by atoms with Crippen molar-refractivity contribution in [2.24, 2.45) is 0 Å². The van der Waals surface area contributed by atoms with E-state index >= 15 is 0 Å². The lowest BCUT2D eigenvalue weighted by molar-refractivity contribution is 0.102. The number of nitrogens with zero attached hydrogens (tertiary/aromatic N) is 1. The molecule has 0 bridgehead atoms. The fraction of sp³-hybridized carbons (Fsp3) is 0.125. The summed E-state index contributed by atoms with van der Waals surface area (Å²) in [5, 5.41) is 2.37. The zero-order valence-electron chi connectivity index (χ0n) is 11.9. The first-order valence-corrected chi connectivity index (χ1v) is 6.85. The second-order valence-electron chi connectivity index (χ2n) is 4.89. The molecule has 3 rings (SSSR count). The van der Waals surface area contributed by atoms with Crippen molar-refractivity contribution in [3.63, 3.8) is 0 Å². The van der Waals surface area contributed by atoms with Gasteiger partial charge in [0.25, 0.3) is 5.91 Å². The summed E-state index contributed by atoms with van der Waals surface area (Å²) in [7, 11) is 0. The Morgan fingerprint density at radius 3 is 2.48 bits per heavy atom. The Bertz CT molecular complexity index is 762. The smallest absolute Gasteiger partial charge is 0.414 e. The van der Waals surface area contributed by atoms with E-state index < -0.39 is 23.6 Å². The average molecular weight is 318 g/mol. The lowest BCUT2D eigenvalue weighted by Crippen LogP contribution is -2.23. The number of carbonyl (C=O) groups excluding carboxylic acids is 2. The highest BCUT2D eigenvalue weighted by molar-refractivity contribution is 6.04. The maximum Gasteiger partial charge on any atom is 0.414 e. The fourth-order valence-corrected chi connectivity index (χ4v) is 2.21. The lowest BCUT2D eigenvalue weighted by atomic mass is 10.1. The van der Waals surface area contributed by atoms with Crippen molar-refractivity contribution in [3.8, 4) is 0 Å². The minimum absolute atomic E-state index is 0.108. The summed E-state index contributed by atoms with van der Waals surface area (Å²) in [6.45, 7) is 0.774. The predicted octanol–water partition coefficient (Wildman–Crippen LogP) is 3.17. The van der Waals surface area contributed by atoms with E-state index in [1.165, 1.54) is 17.0 Å². The van der Waals surface area contributed by atoms with Crippen molar-refractivity contribution in [3.05, 3.63) is 59.7 Å². The summed E-state index contributed by atoms with van der Waals surface area (Å²) >= 11 is 0. The number of hydrogen-bond donors (Lipinski definition) is 1. The minimum Gasteiger partial charge on any atom is -0.447 e. The van der Waals surface area contributed by atoms with Crippen LogP contribution in [-0.2, 0) is 4.74 Å². The maximum atomic E-state index is 13.5. The van der Waals surface area contributed by atoms with Crippen molar-refractivity contribution in [2.45, 2.75) is 0 Å². The van der Waals surface area contributed by atoms with Crippen molar-refractivity contribution in [1.29, 1.82) is 0 Å². The van der Waals surface area contributed by atoms with Gasteiger partial charge in [0.15, 0.2) is 0 Å². The normalized spacial score (nSPS) is 13.8. The fourth-order valence-electron chi connectivity index (χ4n) is 2.21. The van der Waals surface area contributed by atoms with Crippen LogP contribution in [0.4, 0.5) is 25.0 Å². The number of amides is 2. The third kappa shape index (κ3) is 3.13. The number of carbonyl (C=O) groups is 2. The molecular weight excluding hydrogens is 306 g/mol. The van der Waals surface area contributed by atoms with E-state index in [-0.39, 0.29) is 11.3 Å². The predicted molar refractivity (Wildman–Crippen MR) is 79.4 cm³/mol. The zero-order valence-corrected chi connectivity index (χ0v) is 11.9. The highest BCUT2D eigenvalue weighted by Gasteiger charge is 2.23. The first-order chi connectivity index (χ1) is 11.0. The van der Waals surface area contributed by atoms with Gasteiger partial charge in [-0.1, -0.05) is 0 Å². The summed E-state index contributed by atoms with van der Waals surface area (Å²) in [6.07, 6.45) is -0.435. The van der Waals surface area contributed by atoms with Crippen molar-refractivity contribution in [2.75, 3.05) is 23.4 Å². The molecule has 1 aliphatic heterocycles. The largest absolute Gasteiger partial charge is 0.447 e. The van der Waals surface area contributed by atoms with Crippen LogP contribution in [0.2, 0.25) is 0 Å². The molecule has 0 unspecified atom stereocenters. The highest BCUT2D eigenvalue weighted by Crippen LogP contribution is 2.20. The van der Waals surface area contributed by atoms with E-state index in [4.69, 9.17) is 4.74 Å². The van der Waals surface area contributed by atoms with Crippen LogP contribution in [0.1, 0.15) is 10.4 Å². The van der Waals surface area contributed by atoms with Gasteiger partial charge in [0.2, 0.25) is 0 Å². The molecule has 2 amide bonds. The van der Waals surface area contributed by atoms with Gasteiger partial charge in [-0.2, -0.15) is 0 Å². The molecule has 7 heteroatoms. The van der Waals surface area contributed by atoms with Crippen molar-refractivity contribution in [1.82, 2.24) is 0 Å². The van der Waals surface area contributed by atoms with Crippen LogP contribution in [0.25, 0.3) is 0 Å². The van der Waals surface area contributed by atoms with Gasteiger partial charge < -0.3 is 10.1 Å². The number of benzene rings is 2. The first kappa shape index (κ1) is 15.0. The topological polar surface area (TPSA) is 58.6 Å². The van der Waals surface area contributed by atoms with Gasteiger partial charge >= 0.3 is 6.09 Å². The Hall–Kier alpha value is -2.96. The third-order valence-electron chi connectivity index (χ3n) is 3.38. The molecular formula is C16H12F2N2O3. The molecule has 2 aromatic rings. The van der Waals surface area contributed by atoms with Gasteiger partial charge in [-0.15, -0.1) is 0 Å². The van der Waals surface area contributed by atoms with Crippen molar-refractivity contribution >= 4 is 23.4 Å². The molecule has 0 saturated carbocycles. The minimum atomic E-state index is -0.852. The van der Waals surface area contributed by atoms with E-state index in [1.54, 1.807) is 12.1 Å². The number of halogens is 2. The standard InChI is InChI=1S/C16H12F2N2O3/c17-11-3-6-14(13(18)9-11)19-15(21)10-1-4-12(5-2-10)20-7-8-23-16(20)22/h1-6,9H,7-8H2,(H,19,21). The number of nitrogens with one attached hydrogen (secondary N) is 1. The monoisotopic (exact) mass is 318 g/mol. The molecule has 23 heavy (non-hydrogen) atoms. The molecule has 0 radical (unpaired) electrons. The number of anilines is 2. The molecule has 1 saturated heterocycles. The van der Waals surface area contributed by atoms with Gasteiger partial charge in [-0.3, -0.25) is 9.69 Å². The van der Waals surface area contributed by atoms with Crippen LogP contribution in [0, 0.1) is 11.6 Å². The number of rotatable bonds is 3. The molecule has 1 fully saturated rings. The zero-order chi connectivity index (χ0) is 16.4. The Labute approximate surface area is 130 Å². The highest BCUT2D eigenvalue weighted by atomic mass is 19.1. The van der Waals surface area contributed by atoms with Gasteiger partial charge in [0, 0.05) is 17.3 Å². The van der Waals surface area contributed by atoms with Crippen LogP contribution in [0.3, 0.4) is 0 Å². The Morgan fingerprint density at radius 1 is 1.13 bits per heavy atom. The third-order valence-corrected chi connectivity index (χ3v) is 3.38. The van der Waals surface area contributed by atoms with E-state index in [9.17, 15) is 18.4 Å². The second-order valence-corrected chi connectivity index (χ2v) is 4.89. The summed E-state index contributed by atoms with van der Waals surface area (Å²) in [5.74, 6) is -2.11. The second kappa shape index (κ2) is 6.04. The molecule has 2 aromatic carbocycles. The van der Waals surface area contributed by atoms with E-state index in [0.717, 1.165) is 12.1 Å². The van der Waals surface area contributed by atoms with Gasteiger partial charge in [-0.25, -0.2) is 13.6 Å². The SMILES string of the molecule is O=C(Nc1ccc(F)cc1F)c1ccc(N2CCOC2=O)cc1. The van der Waals surface area contributed by atoms with E-state index in [2.05, 4.69) is 5.32 Å². The quantitative estimate of drug-likeness (QED) is 0.945. The molecule has 1 heterocycles. The number of ether oxygens (including phenoxy) is 1. The molecule has 0 aliphatic carbocycles. The molecule has 0 spiro atoms. The maximum absolute atomic E-state index is 13.5. The Balaban J connectivity index is 1.74.